The number of rotatable bonds is 2. The third-order valence-corrected chi connectivity index (χ3v) is 11.8. The van der Waals surface area contributed by atoms with Crippen LogP contribution in [0.2, 0.25) is 0 Å². The number of allylic oxidation sites excluding steroid dienone is 1. The molecule has 186 valence electrons. The van der Waals surface area contributed by atoms with Crippen LogP contribution in [0.25, 0.3) is 0 Å². The summed E-state index contributed by atoms with van der Waals surface area (Å²) in [4.78, 5) is 25.7. The summed E-state index contributed by atoms with van der Waals surface area (Å²) in [5.41, 5.74) is -1.60. The number of ether oxygens (including phenoxy) is 2. The third kappa shape index (κ3) is 2.48. The first-order valence-corrected chi connectivity index (χ1v) is 13.1. The SMILES string of the molecule is CC1=C(C)C(=O)O[C@@H]([C@@H](C)[C@@]2(O)CC[C@@H]3[C@@H]4[C@@H]5O[C@@H]5[C@@]5(O)CC=CC(=O)[C@]5(C)[C@H]4CC[C@@]32C)C1. The molecule has 4 fully saturated rings. The highest BCUT2D eigenvalue weighted by molar-refractivity contribution is 5.97. The van der Waals surface area contributed by atoms with Crippen molar-refractivity contribution in [3.8, 4) is 0 Å². The van der Waals surface area contributed by atoms with Crippen LogP contribution >= 0.6 is 0 Å². The van der Waals surface area contributed by atoms with Crippen LogP contribution < -0.4 is 0 Å². The van der Waals surface area contributed by atoms with Gasteiger partial charge in [0.15, 0.2) is 5.78 Å². The number of hydrogen-bond donors (Lipinski definition) is 2. The molecular weight excluding hydrogens is 432 g/mol. The van der Waals surface area contributed by atoms with E-state index in [1.165, 1.54) is 0 Å². The molecule has 6 aliphatic rings. The van der Waals surface area contributed by atoms with Crippen LogP contribution in [-0.2, 0) is 19.1 Å². The Bertz CT molecular complexity index is 1030. The zero-order valence-electron chi connectivity index (χ0n) is 21.0. The van der Waals surface area contributed by atoms with Gasteiger partial charge in [-0.15, -0.1) is 0 Å². The number of aliphatic hydroxyl groups is 2. The number of epoxide rings is 1. The fourth-order valence-corrected chi connectivity index (χ4v) is 9.27. The lowest BCUT2D eigenvalue weighted by Gasteiger charge is -2.61. The average molecular weight is 471 g/mol. The summed E-state index contributed by atoms with van der Waals surface area (Å²) in [6.45, 7) is 9.99. The maximum Gasteiger partial charge on any atom is 0.333 e. The predicted molar refractivity (Wildman–Crippen MR) is 125 cm³/mol. The lowest BCUT2D eigenvalue weighted by atomic mass is 9.43. The summed E-state index contributed by atoms with van der Waals surface area (Å²) < 4.78 is 12.0. The van der Waals surface area contributed by atoms with Gasteiger partial charge in [0.25, 0.3) is 0 Å². The van der Waals surface area contributed by atoms with Crippen LogP contribution in [0.5, 0.6) is 0 Å². The van der Waals surface area contributed by atoms with E-state index in [4.69, 9.17) is 9.47 Å². The van der Waals surface area contributed by atoms with Gasteiger partial charge in [0.1, 0.15) is 17.8 Å². The van der Waals surface area contributed by atoms with Gasteiger partial charge in [-0.25, -0.2) is 4.79 Å². The van der Waals surface area contributed by atoms with Crippen LogP contribution in [0.4, 0.5) is 0 Å². The normalized spacial score (nSPS) is 54.6. The largest absolute Gasteiger partial charge is 0.458 e. The minimum Gasteiger partial charge on any atom is -0.458 e. The molecule has 0 bridgehead atoms. The fraction of sp³-hybridized carbons (Fsp3) is 0.786. The molecule has 6 nitrogen and oxygen atoms in total. The lowest BCUT2D eigenvalue weighted by molar-refractivity contribution is -0.202. The van der Waals surface area contributed by atoms with E-state index in [2.05, 4.69) is 6.92 Å². The molecule has 4 aliphatic carbocycles. The molecule has 0 aromatic rings. The van der Waals surface area contributed by atoms with Crippen LogP contribution in [0.15, 0.2) is 23.3 Å². The first-order valence-electron chi connectivity index (χ1n) is 13.1. The molecule has 0 spiro atoms. The molecule has 0 radical (unpaired) electrons. The molecule has 2 N–H and O–H groups in total. The highest BCUT2D eigenvalue weighted by Gasteiger charge is 2.78. The second kappa shape index (κ2) is 6.83. The first-order chi connectivity index (χ1) is 15.9. The summed E-state index contributed by atoms with van der Waals surface area (Å²) in [6.07, 6.45) is 6.96. The molecule has 34 heavy (non-hydrogen) atoms. The summed E-state index contributed by atoms with van der Waals surface area (Å²) in [5, 5.41) is 24.0. The maximum absolute atomic E-state index is 13.3. The smallest absolute Gasteiger partial charge is 0.333 e. The van der Waals surface area contributed by atoms with Gasteiger partial charge in [0, 0.05) is 17.9 Å². The van der Waals surface area contributed by atoms with Gasteiger partial charge < -0.3 is 19.7 Å². The van der Waals surface area contributed by atoms with Crippen molar-refractivity contribution in [2.24, 2.45) is 34.5 Å². The molecule has 0 aromatic carbocycles. The van der Waals surface area contributed by atoms with Crippen LogP contribution in [0, 0.1) is 34.5 Å². The molecule has 0 aromatic heterocycles. The standard InChI is InChI=1S/C28H38O6/c1-14-13-19(33-24(30)15(14)2)16(3)27(31)12-9-17-21-18(8-11-25(17,27)4)26(5)20(29)7-6-10-28(26,32)23-22(21)34-23/h6-7,16-19,21-23,31-32H,8-13H2,1-5H3/t16-,17-,18+,19-,21+,22+,23+,25+,26+,27+,28+/m1/s1. The van der Waals surface area contributed by atoms with Crippen molar-refractivity contribution in [3.63, 3.8) is 0 Å². The molecule has 0 unspecified atom stereocenters. The van der Waals surface area contributed by atoms with E-state index in [1.807, 2.05) is 20.8 Å². The Morgan fingerprint density at radius 1 is 1.09 bits per heavy atom. The van der Waals surface area contributed by atoms with Gasteiger partial charge in [0.05, 0.1) is 17.1 Å². The minimum atomic E-state index is -1.14. The monoisotopic (exact) mass is 470 g/mol. The van der Waals surface area contributed by atoms with Crippen LogP contribution in [-0.4, -0.2) is 51.5 Å². The van der Waals surface area contributed by atoms with Gasteiger partial charge in [0.2, 0.25) is 0 Å². The Labute approximate surface area is 201 Å². The molecule has 2 heterocycles. The van der Waals surface area contributed by atoms with E-state index in [-0.39, 0.29) is 59.2 Å². The zero-order chi connectivity index (χ0) is 24.4. The molecule has 6 heteroatoms. The molecular formula is C28H38O6. The van der Waals surface area contributed by atoms with E-state index in [1.54, 1.807) is 19.1 Å². The number of ketones is 1. The molecule has 6 rings (SSSR count). The highest BCUT2D eigenvalue weighted by Crippen LogP contribution is 2.72. The first kappa shape index (κ1) is 22.9. The Balaban J connectivity index is 1.34. The van der Waals surface area contributed by atoms with Crippen molar-refractivity contribution >= 4 is 11.8 Å². The second-order valence-electron chi connectivity index (χ2n) is 12.7. The average Bonchev–Trinajstić information content (AvgIpc) is 3.55. The Morgan fingerprint density at radius 2 is 1.79 bits per heavy atom. The van der Waals surface area contributed by atoms with Crippen LogP contribution in [0.1, 0.15) is 73.1 Å². The van der Waals surface area contributed by atoms with Gasteiger partial charge in [-0.2, -0.15) is 0 Å². The second-order valence-corrected chi connectivity index (χ2v) is 12.7. The Morgan fingerprint density at radius 3 is 2.50 bits per heavy atom. The van der Waals surface area contributed by atoms with Gasteiger partial charge in [-0.3, -0.25) is 4.79 Å². The highest BCUT2D eigenvalue weighted by atomic mass is 16.6. The van der Waals surface area contributed by atoms with Gasteiger partial charge in [-0.1, -0.05) is 25.5 Å². The Kier molecular flexibility index (Phi) is 4.61. The third-order valence-electron chi connectivity index (χ3n) is 11.8. The fourth-order valence-electron chi connectivity index (χ4n) is 9.27. The number of hydrogen-bond acceptors (Lipinski definition) is 6. The number of carbonyl (C=O) groups excluding carboxylic acids is 2. The molecule has 2 aliphatic heterocycles. The summed E-state index contributed by atoms with van der Waals surface area (Å²) in [6, 6.07) is 0. The van der Waals surface area contributed by atoms with Gasteiger partial charge >= 0.3 is 5.97 Å². The van der Waals surface area contributed by atoms with E-state index >= 15 is 0 Å². The van der Waals surface area contributed by atoms with E-state index in [9.17, 15) is 19.8 Å². The van der Waals surface area contributed by atoms with E-state index in [0.717, 1.165) is 24.8 Å². The van der Waals surface area contributed by atoms with Crippen molar-refractivity contribution in [2.45, 2.75) is 103 Å². The zero-order valence-corrected chi connectivity index (χ0v) is 21.0. The van der Waals surface area contributed by atoms with Crippen molar-refractivity contribution in [2.75, 3.05) is 0 Å². The van der Waals surface area contributed by atoms with Crippen LogP contribution in [0.3, 0.4) is 0 Å². The topological polar surface area (TPSA) is 96.4 Å². The van der Waals surface area contributed by atoms with Crippen molar-refractivity contribution in [1.82, 2.24) is 0 Å². The van der Waals surface area contributed by atoms with Crippen molar-refractivity contribution < 1.29 is 29.3 Å². The van der Waals surface area contributed by atoms with E-state index in [0.29, 0.717) is 24.8 Å². The quantitative estimate of drug-likeness (QED) is 0.474. The molecule has 3 saturated carbocycles. The van der Waals surface area contributed by atoms with Gasteiger partial charge in [-0.05, 0) is 82.1 Å². The lowest BCUT2D eigenvalue weighted by Crippen LogP contribution is -2.68. The number of esters is 1. The van der Waals surface area contributed by atoms with E-state index < -0.39 is 16.6 Å². The molecule has 1 saturated heterocycles. The Hall–Kier alpha value is -1.50. The molecule has 0 amide bonds. The molecule has 11 atom stereocenters. The summed E-state index contributed by atoms with van der Waals surface area (Å²) in [5.74, 6) is -0.0746. The summed E-state index contributed by atoms with van der Waals surface area (Å²) in [7, 11) is 0. The number of cyclic esters (lactones) is 1. The number of carbonyl (C=O) groups is 2. The van der Waals surface area contributed by atoms with Crippen molar-refractivity contribution in [3.05, 3.63) is 23.3 Å². The predicted octanol–water partition coefficient (Wildman–Crippen LogP) is 3.50. The minimum absolute atomic E-state index is 0.0159. The number of fused-ring (bicyclic) bond motifs is 8. The van der Waals surface area contributed by atoms with Crippen molar-refractivity contribution in [1.29, 1.82) is 0 Å². The summed E-state index contributed by atoms with van der Waals surface area (Å²) >= 11 is 0. The maximum atomic E-state index is 13.3.